The van der Waals surface area contributed by atoms with Crippen molar-refractivity contribution in [1.82, 2.24) is 19.2 Å². The monoisotopic (exact) mass is 472 g/mol. The maximum absolute atomic E-state index is 13.4. The zero-order valence-electron chi connectivity index (χ0n) is 19.1. The molecule has 0 aromatic carbocycles. The Hall–Kier alpha value is -3.00. The lowest BCUT2D eigenvalue weighted by Gasteiger charge is -2.37. The van der Waals surface area contributed by atoms with Crippen molar-refractivity contribution in [3.05, 3.63) is 53.5 Å². The molecule has 0 bridgehead atoms. The molecule has 0 spiro atoms. The van der Waals surface area contributed by atoms with E-state index in [1.165, 1.54) is 17.5 Å². The van der Waals surface area contributed by atoms with Crippen molar-refractivity contribution in [3.63, 3.8) is 0 Å². The molecule has 1 aliphatic rings. The Morgan fingerprint density at radius 2 is 2.06 bits per heavy atom. The Bertz CT molecular complexity index is 1160. The van der Waals surface area contributed by atoms with E-state index in [1.54, 1.807) is 36.4 Å². The van der Waals surface area contributed by atoms with Crippen molar-refractivity contribution in [2.24, 2.45) is 5.92 Å². The van der Waals surface area contributed by atoms with Crippen LogP contribution in [0, 0.1) is 17.8 Å². The number of hydrogen-bond acceptors (Lipinski definition) is 7. The molecule has 3 heterocycles. The minimum atomic E-state index is -3.42. The van der Waals surface area contributed by atoms with E-state index in [9.17, 15) is 18.3 Å². The fourth-order valence-electron chi connectivity index (χ4n) is 3.36. The van der Waals surface area contributed by atoms with Crippen molar-refractivity contribution in [1.29, 1.82) is 0 Å². The smallest absolute Gasteiger partial charge is 0.259 e. The molecule has 0 saturated carbocycles. The molecular weight excluding hydrogens is 444 g/mol. The number of amides is 1. The summed E-state index contributed by atoms with van der Waals surface area (Å²) in [5.74, 6) is 5.53. The zero-order chi connectivity index (χ0) is 24.2. The van der Waals surface area contributed by atoms with E-state index in [-0.39, 0.29) is 43.0 Å². The first-order chi connectivity index (χ1) is 15.6. The van der Waals surface area contributed by atoms with Gasteiger partial charge in [0.15, 0.2) is 0 Å². The number of fused-ring (bicyclic) bond motifs is 1. The number of sulfonamides is 1. The number of likely N-dealkylation sites (N-methyl/N-ethyl adjacent to an activating group) is 1. The average molecular weight is 473 g/mol. The van der Waals surface area contributed by atoms with Gasteiger partial charge in [0.2, 0.25) is 15.9 Å². The van der Waals surface area contributed by atoms with E-state index in [0.29, 0.717) is 5.56 Å². The topological polar surface area (TPSA) is 113 Å². The number of ether oxygens (including phenoxy) is 1. The molecule has 2 aromatic rings. The molecule has 0 saturated heterocycles. The highest BCUT2D eigenvalue weighted by atomic mass is 32.2. The number of aliphatic hydroxyl groups excluding tert-OH is 1. The largest absolute Gasteiger partial charge is 0.472 e. The summed E-state index contributed by atoms with van der Waals surface area (Å²) in [5, 5.41) is 9.73. The molecule has 176 valence electrons. The maximum atomic E-state index is 13.4. The first-order valence-electron chi connectivity index (χ1n) is 10.5. The third-order valence-electron chi connectivity index (χ3n) is 5.54. The first-order valence-corrected chi connectivity index (χ1v) is 12.4. The summed E-state index contributed by atoms with van der Waals surface area (Å²) in [7, 11) is -1.94. The second-order valence-electron chi connectivity index (χ2n) is 8.23. The minimum Gasteiger partial charge on any atom is -0.472 e. The summed E-state index contributed by atoms with van der Waals surface area (Å²) < 4.78 is 31.2. The number of pyridine rings is 2. The molecular formula is C23H28N4O5S. The van der Waals surface area contributed by atoms with Gasteiger partial charge in [0.25, 0.3) is 5.91 Å². The summed E-state index contributed by atoms with van der Waals surface area (Å²) in [6, 6.07) is 4.77. The predicted molar refractivity (Wildman–Crippen MR) is 123 cm³/mol. The van der Waals surface area contributed by atoms with Gasteiger partial charge in [0.1, 0.15) is 11.7 Å². The van der Waals surface area contributed by atoms with Gasteiger partial charge in [-0.2, -0.15) is 0 Å². The van der Waals surface area contributed by atoms with Gasteiger partial charge in [-0.25, -0.2) is 17.7 Å². The molecule has 1 aliphatic heterocycles. The van der Waals surface area contributed by atoms with Crippen LogP contribution < -0.4 is 4.74 Å². The van der Waals surface area contributed by atoms with Crippen LogP contribution in [0.1, 0.15) is 35.3 Å². The summed E-state index contributed by atoms with van der Waals surface area (Å²) in [6.45, 7) is 3.80. The predicted octanol–water partition coefficient (Wildman–Crippen LogP) is 0.988. The molecule has 0 aliphatic carbocycles. The molecule has 3 rings (SSSR count). The second-order valence-corrected chi connectivity index (χ2v) is 10.3. The van der Waals surface area contributed by atoms with Gasteiger partial charge in [-0.15, -0.1) is 0 Å². The maximum Gasteiger partial charge on any atom is 0.259 e. The van der Waals surface area contributed by atoms with Crippen LogP contribution in [0.4, 0.5) is 0 Å². The third kappa shape index (κ3) is 6.07. The molecule has 9 nitrogen and oxygen atoms in total. The Morgan fingerprint density at radius 1 is 1.33 bits per heavy atom. The van der Waals surface area contributed by atoms with Gasteiger partial charge < -0.3 is 14.7 Å². The molecule has 2 aromatic heterocycles. The van der Waals surface area contributed by atoms with Crippen molar-refractivity contribution >= 4 is 15.9 Å². The van der Waals surface area contributed by atoms with Gasteiger partial charge >= 0.3 is 0 Å². The number of carbonyl (C=O) groups is 1. The molecule has 10 heteroatoms. The van der Waals surface area contributed by atoms with E-state index < -0.39 is 22.2 Å². The Kier molecular flexibility index (Phi) is 7.68. The van der Waals surface area contributed by atoms with Gasteiger partial charge in [-0.3, -0.25) is 9.78 Å². The fourth-order valence-corrected chi connectivity index (χ4v) is 3.78. The van der Waals surface area contributed by atoms with Crippen molar-refractivity contribution in [2.75, 3.05) is 33.0 Å². The Balaban J connectivity index is 2.01. The van der Waals surface area contributed by atoms with E-state index in [4.69, 9.17) is 4.74 Å². The minimum absolute atomic E-state index is 0.0964. The van der Waals surface area contributed by atoms with Crippen LogP contribution in [0.3, 0.4) is 0 Å². The van der Waals surface area contributed by atoms with Crippen molar-refractivity contribution < 1.29 is 23.1 Å². The van der Waals surface area contributed by atoms with E-state index >= 15 is 0 Å². The molecule has 0 radical (unpaired) electrons. The van der Waals surface area contributed by atoms with Crippen molar-refractivity contribution in [3.8, 4) is 17.7 Å². The number of nitrogens with zero attached hydrogens (tertiary/aromatic N) is 4. The highest BCUT2D eigenvalue weighted by Gasteiger charge is 2.35. The number of carbonyl (C=O) groups excluding carboxylic acids is 1. The van der Waals surface area contributed by atoms with E-state index in [1.807, 2.05) is 13.0 Å². The lowest BCUT2D eigenvalue weighted by molar-refractivity contribution is 0.0373. The van der Waals surface area contributed by atoms with Crippen LogP contribution in [-0.2, 0) is 10.0 Å². The van der Waals surface area contributed by atoms with E-state index in [0.717, 1.165) is 11.8 Å². The summed E-state index contributed by atoms with van der Waals surface area (Å²) in [6.07, 6.45) is 5.38. The lowest BCUT2D eigenvalue weighted by Crippen LogP contribution is -2.50. The van der Waals surface area contributed by atoms with Crippen LogP contribution in [0.25, 0.3) is 0 Å². The molecule has 0 fully saturated rings. The molecule has 1 N–H and O–H groups in total. The van der Waals surface area contributed by atoms with Crippen molar-refractivity contribution in [2.45, 2.75) is 26.0 Å². The standard InChI is InChI=1S/C23H28N4O5S/c1-16-13-27(17(2)15-28)23(29)20-10-19(8-7-18-6-5-9-24-11-18)12-25-22(20)32-21(16)14-26(3)33(4,30)31/h5-6,9-12,16-17,21,28H,13-15H2,1-4H3/t16-,17+,21-/m0/s1. The molecule has 33 heavy (non-hydrogen) atoms. The number of aliphatic hydroxyl groups is 1. The highest BCUT2D eigenvalue weighted by molar-refractivity contribution is 7.88. The van der Waals surface area contributed by atoms with E-state index in [2.05, 4.69) is 21.8 Å². The van der Waals surface area contributed by atoms with Crippen LogP contribution >= 0.6 is 0 Å². The zero-order valence-corrected chi connectivity index (χ0v) is 19.9. The van der Waals surface area contributed by atoms with Crippen LogP contribution in [0.15, 0.2) is 36.8 Å². The molecule has 1 amide bonds. The average Bonchev–Trinajstić information content (AvgIpc) is 2.79. The van der Waals surface area contributed by atoms with Gasteiger partial charge in [-0.1, -0.05) is 18.8 Å². The number of rotatable bonds is 5. The third-order valence-corrected chi connectivity index (χ3v) is 6.82. The van der Waals surface area contributed by atoms with Crippen LogP contribution in [0.2, 0.25) is 0 Å². The quantitative estimate of drug-likeness (QED) is 0.646. The second kappa shape index (κ2) is 10.3. The molecule has 3 atom stereocenters. The van der Waals surface area contributed by atoms with Crippen LogP contribution in [0.5, 0.6) is 5.88 Å². The Morgan fingerprint density at radius 3 is 2.70 bits per heavy atom. The van der Waals surface area contributed by atoms with Crippen LogP contribution in [-0.4, -0.2) is 83.8 Å². The summed E-state index contributed by atoms with van der Waals surface area (Å²) in [5.41, 5.74) is 1.46. The van der Waals surface area contributed by atoms with Gasteiger partial charge in [-0.05, 0) is 25.1 Å². The molecule has 0 unspecified atom stereocenters. The normalized spacial score (nSPS) is 19.6. The summed E-state index contributed by atoms with van der Waals surface area (Å²) >= 11 is 0. The van der Waals surface area contributed by atoms with Gasteiger partial charge in [0, 0.05) is 49.2 Å². The lowest BCUT2D eigenvalue weighted by atomic mass is 10.0. The SMILES string of the molecule is C[C@H](CO)N1C[C@H](C)[C@H](CN(C)S(C)(=O)=O)Oc2ncc(C#Cc3cccnc3)cc2C1=O. The Labute approximate surface area is 194 Å². The number of aromatic nitrogens is 2. The fraction of sp³-hybridized carbons (Fsp3) is 0.435. The highest BCUT2D eigenvalue weighted by Crippen LogP contribution is 2.27. The number of hydrogen-bond donors (Lipinski definition) is 1. The van der Waals surface area contributed by atoms with Gasteiger partial charge in [0.05, 0.1) is 25.4 Å². The summed E-state index contributed by atoms with van der Waals surface area (Å²) in [4.78, 5) is 23.3. The first kappa shape index (κ1) is 24.6.